The van der Waals surface area contributed by atoms with E-state index in [1.54, 1.807) is 31.6 Å². The average molecular weight is 329 g/mol. The summed E-state index contributed by atoms with van der Waals surface area (Å²) in [6.07, 6.45) is 5.19. The number of hydrogen-bond acceptors (Lipinski definition) is 5. The molecule has 0 aliphatic carbocycles. The number of pyridine rings is 1. The van der Waals surface area contributed by atoms with E-state index in [4.69, 9.17) is 10.5 Å². The highest BCUT2D eigenvalue weighted by atomic mass is 32.2. The molecule has 0 saturated heterocycles. The lowest BCUT2D eigenvalue weighted by Crippen LogP contribution is -2.24. The molecule has 6 heteroatoms. The lowest BCUT2D eigenvalue weighted by atomic mass is 9.90. The van der Waals surface area contributed by atoms with Crippen molar-refractivity contribution in [3.8, 4) is 16.9 Å². The highest BCUT2D eigenvalue weighted by Gasteiger charge is 2.29. The lowest BCUT2D eigenvalue weighted by Gasteiger charge is -2.26. The van der Waals surface area contributed by atoms with Crippen LogP contribution in [0.3, 0.4) is 0 Å². The van der Waals surface area contributed by atoms with E-state index in [0.29, 0.717) is 16.5 Å². The Morgan fingerprint density at radius 1 is 1.22 bits per heavy atom. The molecule has 0 amide bonds. The Morgan fingerprint density at radius 3 is 2.78 bits per heavy atom. The number of aliphatic imine (C=N–C) groups is 1. The van der Waals surface area contributed by atoms with E-state index in [9.17, 15) is 4.39 Å². The smallest absolute Gasteiger partial charge is 0.159 e. The summed E-state index contributed by atoms with van der Waals surface area (Å²) >= 11 is 1.32. The second-order valence-corrected chi connectivity index (χ2v) is 6.25. The van der Waals surface area contributed by atoms with E-state index >= 15 is 0 Å². The van der Waals surface area contributed by atoms with Crippen molar-refractivity contribution in [1.29, 1.82) is 0 Å². The zero-order valence-electron chi connectivity index (χ0n) is 12.8. The summed E-state index contributed by atoms with van der Waals surface area (Å²) in [6.45, 7) is 1.84. The quantitative estimate of drug-likeness (QED) is 0.933. The van der Waals surface area contributed by atoms with Gasteiger partial charge < -0.3 is 10.5 Å². The Morgan fingerprint density at radius 2 is 2.04 bits per heavy atom. The van der Waals surface area contributed by atoms with Crippen molar-refractivity contribution < 1.29 is 9.13 Å². The fraction of sp³-hybridized carbons (Fsp3) is 0.176. The van der Waals surface area contributed by atoms with Crippen LogP contribution in [-0.2, 0) is 5.54 Å². The van der Waals surface area contributed by atoms with E-state index < -0.39 is 5.54 Å². The predicted octanol–water partition coefficient (Wildman–Crippen LogP) is 3.69. The highest BCUT2D eigenvalue weighted by molar-refractivity contribution is 8.16. The van der Waals surface area contributed by atoms with Crippen LogP contribution < -0.4 is 10.5 Å². The number of nitrogens with two attached hydrogens (primary N) is 1. The van der Waals surface area contributed by atoms with Crippen LogP contribution in [0.1, 0.15) is 12.5 Å². The number of nitrogens with zero attached hydrogens (tertiary/aromatic N) is 2. The van der Waals surface area contributed by atoms with Crippen molar-refractivity contribution in [3.63, 3.8) is 0 Å². The first-order chi connectivity index (χ1) is 11.0. The van der Waals surface area contributed by atoms with Crippen LogP contribution in [0.2, 0.25) is 0 Å². The fourth-order valence-corrected chi connectivity index (χ4v) is 3.17. The molecule has 0 saturated carbocycles. The summed E-state index contributed by atoms with van der Waals surface area (Å²) in [6, 6.07) is 6.79. The van der Waals surface area contributed by atoms with Crippen LogP contribution in [0.15, 0.2) is 53.1 Å². The van der Waals surface area contributed by atoms with Gasteiger partial charge >= 0.3 is 0 Å². The standard InChI is InChI=1S/C17H16FN3OS/c1-17(5-6-23-16(19)21-17)14-8-11(3-4-15(14)18)12-7-13(22-2)10-20-9-12/h3-10H,1-2H3,(H2,19,21)/t17-/m0/s1. The highest BCUT2D eigenvalue weighted by Crippen LogP contribution is 2.36. The minimum absolute atomic E-state index is 0.319. The third-order valence-corrected chi connectivity index (χ3v) is 4.32. The van der Waals surface area contributed by atoms with Gasteiger partial charge in [0.15, 0.2) is 5.17 Å². The van der Waals surface area contributed by atoms with E-state index in [1.807, 2.05) is 24.5 Å². The van der Waals surface area contributed by atoms with E-state index in [1.165, 1.54) is 17.8 Å². The largest absolute Gasteiger partial charge is 0.495 e. The molecule has 118 valence electrons. The maximum Gasteiger partial charge on any atom is 0.159 e. The van der Waals surface area contributed by atoms with Crippen molar-refractivity contribution in [3.05, 3.63) is 59.5 Å². The van der Waals surface area contributed by atoms with Gasteiger partial charge in [0.05, 0.1) is 13.3 Å². The Kier molecular flexibility index (Phi) is 4.09. The van der Waals surface area contributed by atoms with E-state index in [-0.39, 0.29) is 5.82 Å². The fourth-order valence-electron chi connectivity index (χ4n) is 2.46. The van der Waals surface area contributed by atoms with Crippen molar-refractivity contribution >= 4 is 16.9 Å². The number of amidine groups is 1. The van der Waals surface area contributed by atoms with Crippen molar-refractivity contribution in [1.82, 2.24) is 4.98 Å². The van der Waals surface area contributed by atoms with Crippen LogP contribution in [0, 0.1) is 5.82 Å². The molecule has 0 bridgehead atoms. The zero-order chi connectivity index (χ0) is 16.4. The molecule has 3 rings (SSSR count). The van der Waals surface area contributed by atoms with Gasteiger partial charge in [0, 0.05) is 17.3 Å². The molecule has 23 heavy (non-hydrogen) atoms. The number of hydrogen-bond donors (Lipinski definition) is 1. The molecule has 0 radical (unpaired) electrons. The van der Waals surface area contributed by atoms with Crippen LogP contribution in [0.4, 0.5) is 4.39 Å². The van der Waals surface area contributed by atoms with Crippen molar-refractivity contribution in [2.24, 2.45) is 10.7 Å². The molecule has 1 aromatic carbocycles. The summed E-state index contributed by atoms with van der Waals surface area (Å²) in [7, 11) is 1.58. The SMILES string of the molecule is COc1cncc(-c2ccc(F)c([C@]3(C)C=CSC(N)=N3)c2)c1. The van der Waals surface area contributed by atoms with Gasteiger partial charge in [-0.05, 0) is 42.2 Å². The maximum absolute atomic E-state index is 14.4. The molecule has 2 N–H and O–H groups in total. The van der Waals surface area contributed by atoms with Gasteiger partial charge in [-0.15, -0.1) is 0 Å². The van der Waals surface area contributed by atoms with E-state index in [0.717, 1.165) is 11.1 Å². The number of methoxy groups -OCH3 is 1. The van der Waals surface area contributed by atoms with E-state index in [2.05, 4.69) is 9.98 Å². The summed E-state index contributed by atoms with van der Waals surface area (Å²) in [5.41, 5.74) is 7.14. The van der Waals surface area contributed by atoms with Gasteiger partial charge in [-0.2, -0.15) is 0 Å². The Balaban J connectivity index is 2.09. The number of ether oxygens (including phenoxy) is 1. The molecule has 1 aliphatic heterocycles. The second kappa shape index (κ2) is 6.04. The average Bonchev–Trinajstić information content (AvgIpc) is 2.55. The van der Waals surface area contributed by atoms with Gasteiger partial charge in [-0.1, -0.05) is 17.8 Å². The third kappa shape index (κ3) is 3.07. The number of halogens is 1. The first-order valence-corrected chi connectivity index (χ1v) is 7.89. The molecular weight excluding hydrogens is 313 g/mol. The topological polar surface area (TPSA) is 60.5 Å². The zero-order valence-corrected chi connectivity index (χ0v) is 13.6. The Labute approximate surface area is 138 Å². The molecule has 1 aliphatic rings. The first kappa shape index (κ1) is 15.6. The lowest BCUT2D eigenvalue weighted by molar-refractivity contribution is 0.413. The monoisotopic (exact) mass is 329 g/mol. The normalized spacial score (nSPS) is 20.2. The van der Waals surface area contributed by atoms with Crippen molar-refractivity contribution in [2.75, 3.05) is 7.11 Å². The summed E-state index contributed by atoms with van der Waals surface area (Å²) in [4.78, 5) is 8.55. The van der Waals surface area contributed by atoms with Crippen molar-refractivity contribution in [2.45, 2.75) is 12.5 Å². The van der Waals surface area contributed by atoms with Crippen LogP contribution in [0.25, 0.3) is 11.1 Å². The van der Waals surface area contributed by atoms with Gasteiger partial charge in [-0.25, -0.2) is 9.38 Å². The van der Waals surface area contributed by atoms with Crippen LogP contribution >= 0.6 is 11.8 Å². The molecule has 4 nitrogen and oxygen atoms in total. The molecule has 2 heterocycles. The minimum atomic E-state index is -0.818. The molecule has 0 unspecified atom stereocenters. The van der Waals surface area contributed by atoms with Gasteiger partial charge in [0.25, 0.3) is 0 Å². The van der Waals surface area contributed by atoms with Crippen LogP contribution in [-0.4, -0.2) is 17.3 Å². The summed E-state index contributed by atoms with van der Waals surface area (Å²) in [5.74, 6) is 0.330. The number of thioether (sulfide) groups is 1. The molecule has 0 fully saturated rings. The van der Waals surface area contributed by atoms with Crippen LogP contribution in [0.5, 0.6) is 5.75 Å². The van der Waals surface area contributed by atoms with Gasteiger partial charge in [0.2, 0.25) is 0 Å². The number of rotatable bonds is 3. The third-order valence-electron chi connectivity index (χ3n) is 3.72. The molecular formula is C17H16FN3OS. The number of aromatic nitrogens is 1. The molecule has 0 spiro atoms. The first-order valence-electron chi connectivity index (χ1n) is 7.01. The molecule has 2 aromatic rings. The number of benzene rings is 1. The van der Waals surface area contributed by atoms with Gasteiger partial charge in [-0.3, -0.25) is 4.98 Å². The minimum Gasteiger partial charge on any atom is -0.495 e. The Hall–Kier alpha value is -2.34. The predicted molar refractivity (Wildman–Crippen MR) is 91.9 cm³/mol. The Bertz CT molecular complexity index is 806. The molecule has 1 atom stereocenters. The summed E-state index contributed by atoms with van der Waals surface area (Å²) < 4.78 is 19.6. The summed E-state index contributed by atoms with van der Waals surface area (Å²) in [5, 5.41) is 2.25. The second-order valence-electron chi connectivity index (χ2n) is 5.33. The molecule has 1 aromatic heterocycles. The van der Waals surface area contributed by atoms with Gasteiger partial charge in [0.1, 0.15) is 17.1 Å². The maximum atomic E-state index is 14.4.